The summed E-state index contributed by atoms with van der Waals surface area (Å²) in [4.78, 5) is 0.892. The van der Waals surface area contributed by atoms with Crippen LogP contribution in [0.1, 0.15) is 23.3 Å². The summed E-state index contributed by atoms with van der Waals surface area (Å²) in [5.74, 6) is 0. The van der Waals surface area contributed by atoms with Crippen molar-refractivity contribution in [1.29, 1.82) is 0 Å². The molecule has 0 fully saturated rings. The van der Waals surface area contributed by atoms with Gasteiger partial charge in [0.2, 0.25) is 10.0 Å². The van der Waals surface area contributed by atoms with Crippen LogP contribution >= 0.6 is 11.3 Å². The normalized spacial score (nSPS) is 12.8. The van der Waals surface area contributed by atoms with Gasteiger partial charge in [0.25, 0.3) is 0 Å². The van der Waals surface area contributed by atoms with E-state index < -0.39 is 22.6 Å². The second kappa shape index (κ2) is 6.88. The third-order valence-corrected chi connectivity index (χ3v) is 5.70. The highest BCUT2D eigenvalue weighted by Gasteiger charge is 2.26. The first-order chi connectivity index (χ1) is 9.15. The molecular formula is C11H17F3N2O2S2. The van der Waals surface area contributed by atoms with Crippen LogP contribution in [0.3, 0.4) is 0 Å². The maximum absolute atomic E-state index is 12.0. The quantitative estimate of drug-likeness (QED) is 0.755. The third kappa shape index (κ3) is 5.39. The van der Waals surface area contributed by atoms with E-state index in [1.54, 1.807) is 14.0 Å². The van der Waals surface area contributed by atoms with Crippen molar-refractivity contribution in [2.75, 3.05) is 13.6 Å². The molecule has 0 aliphatic rings. The predicted molar refractivity (Wildman–Crippen MR) is 72.3 cm³/mol. The largest absolute Gasteiger partial charge is 0.389 e. The first kappa shape index (κ1) is 17.4. The summed E-state index contributed by atoms with van der Waals surface area (Å²) in [5, 5.41) is 2.93. The Morgan fingerprint density at radius 1 is 1.35 bits per heavy atom. The Hall–Kier alpha value is -0.640. The Morgan fingerprint density at radius 3 is 2.55 bits per heavy atom. The van der Waals surface area contributed by atoms with E-state index >= 15 is 0 Å². The number of aryl methyl sites for hydroxylation is 1. The lowest BCUT2D eigenvalue weighted by molar-refractivity contribution is -0.135. The van der Waals surface area contributed by atoms with Gasteiger partial charge in [-0.1, -0.05) is 0 Å². The van der Waals surface area contributed by atoms with Crippen molar-refractivity contribution in [3.63, 3.8) is 0 Å². The fourth-order valence-corrected chi connectivity index (χ4v) is 4.24. The minimum absolute atomic E-state index is 0.132. The molecule has 0 bridgehead atoms. The summed E-state index contributed by atoms with van der Waals surface area (Å²) < 4.78 is 62.0. The van der Waals surface area contributed by atoms with Crippen molar-refractivity contribution in [2.45, 2.75) is 36.7 Å². The summed E-state index contributed by atoms with van der Waals surface area (Å²) in [6, 6.07) is 1.53. The van der Waals surface area contributed by atoms with Crippen LogP contribution in [0.25, 0.3) is 0 Å². The Kier molecular flexibility index (Phi) is 5.99. The maximum atomic E-state index is 12.0. The fourth-order valence-electron chi connectivity index (χ4n) is 1.52. The fraction of sp³-hybridized carbons (Fsp3) is 0.636. The molecule has 0 aromatic carbocycles. The van der Waals surface area contributed by atoms with Gasteiger partial charge in [-0.15, -0.1) is 11.3 Å². The lowest BCUT2D eigenvalue weighted by Gasteiger charge is -2.07. The van der Waals surface area contributed by atoms with Gasteiger partial charge in [-0.05, 0) is 32.0 Å². The molecule has 2 N–H and O–H groups in total. The average Bonchev–Trinajstić information content (AvgIpc) is 2.67. The second-order valence-corrected chi connectivity index (χ2v) is 7.45. The van der Waals surface area contributed by atoms with E-state index in [2.05, 4.69) is 10.0 Å². The van der Waals surface area contributed by atoms with Gasteiger partial charge < -0.3 is 5.32 Å². The summed E-state index contributed by atoms with van der Waals surface area (Å²) in [5.41, 5.74) is 0.847. The molecule has 0 aliphatic carbocycles. The van der Waals surface area contributed by atoms with Gasteiger partial charge in [-0.25, -0.2) is 13.1 Å². The maximum Gasteiger partial charge on any atom is 0.389 e. The second-order valence-electron chi connectivity index (χ2n) is 4.32. The zero-order valence-corrected chi connectivity index (χ0v) is 12.8. The van der Waals surface area contributed by atoms with Crippen molar-refractivity contribution >= 4 is 21.4 Å². The van der Waals surface area contributed by atoms with E-state index in [4.69, 9.17) is 0 Å². The Labute approximate surface area is 120 Å². The molecule has 1 aromatic heterocycles. The Bertz CT molecular complexity index is 538. The first-order valence-corrected chi connectivity index (χ1v) is 8.26. The Morgan fingerprint density at radius 2 is 2.00 bits per heavy atom. The molecule has 0 saturated heterocycles. The van der Waals surface area contributed by atoms with Gasteiger partial charge in [0.1, 0.15) is 4.21 Å². The molecule has 0 saturated carbocycles. The topological polar surface area (TPSA) is 58.2 Å². The van der Waals surface area contributed by atoms with E-state index in [-0.39, 0.29) is 17.2 Å². The van der Waals surface area contributed by atoms with Crippen LogP contribution in [0.2, 0.25) is 0 Å². The summed E-state index contributed by atoms with van der Waals surface area (Å²) in [7, 11) is -1.97. The number of halogens is 3. The standard InChI is InChI=1S/C11H17F3N2O2S2/c1-8-6-10(19-9(8)7-15-2)20(17,18)16-5-3-4-11(12,13)14/h6,15-16H,3-5,7H2,1-2H3. The number of nitrogens with one attached hydrogen (secondary N) is 2. The molecule has 1 heterocycles. The van der Waals surface area contributed by atoms with Crippen molar-refractivity contribution < 1.29 is 21.6 Å². The van der Waals surface area contributed by atoms with Crippen LogP contribution < -0.4 is 10.0 Å². The monoisotopic (exact) mass is 330 g/mol. The highest BCUT2D eigenvalue weighted by atomic mass is 32.2. The molecular weight excluding hydrogens is 313 g/mol. The van der Waals surface area contributed by atoms with Gasteiger partial charge in [0.05, 0.1) is 0 Å². The predicted octanol–water partition coefficient (Wildman–Crippen LogP) is 2.40. The van der Waals surface area contributed by atoms with Crippen molar-refractivity contribution in [1.82, 2.24) is 10.0 Å². The number of alkyl halides is 3. The van der Waals surface area contributed by atoms with Crippen LogP contribution in [0.4, 0.5) is 13.2 Å². The molecule has 9 heteroatoms. The summed E-state index contributed by atoms with van der Waals surface area (Å²) in [6.45, 7) is 2.13. The highest BCUT2D eigenvalue weighted by Crippen LogP contribution is 2.26. The third-order valence-electron chi connectivity index (χ3n) is 2.53. The van der Waals surface area contributed by atoms with Gasteiger partial charge in [-0.3, -0.25) is 0 Å². The zero-order valence-electron chi connectivity index (χ0n) is 11.2. The van der Waals surface area contributed by atoms with Crippen LogP contribution in [0.5, 0.6) is 0 Å². The lowest BCUT2D eigenvalue weighted by atomic mass is 10.3. The lowest BCUT2D eigenvalue weighted by Crippen LogP contribution is -2.25. The molecule has 20 heavy (non-hydrogen) atoms. The van der Waals surface area contributed by atoms with Crippen molar-refractivity contribution in [2.24, 2.45) is 0 Å². The summed E-state index contributed by atoms with van der Waals surface area (Å²) in [6.07, 6.45) is -5.52. The smallest absolute Gasteiger partial charge is 0.315 e. The minimum atomic E-state index is -4.26. The number of hydrogen-bond acceptors (Lipinski definition) is 4. The van der Waals surface area contributed by atoms with E-state index in [1.165, 1.54) is 6.07 Å². The van der Waals surface area contributed by atoms with Gasteiger partial charge >= 0.3 is 6.18 Å². The molecule has 0 atom stereocenters. The first-order valence-electron chi connectivity index (χ1n) is 5.96. The van der Waals surface area contributed by atoms with Crippen LogP contribution in [0, 0.1) is 6.92 Å². The molecule has 0 aliphatic heterocycles. The molecule has 0 unspecified atom stereocenters. The molecule has 4 nitrogen and oxygen atoms in total. The van der Waals surface area contributed by atoms with Crippen molar-refractivity contribution in [3.05, 3.63) is 16.5 Å². The van der Waals surface area contributed by atoms with E-state index in [0.717, 1.165) is 21.8 Å². The molecule has 116 valence electrons. The summed E-state index contributed by atoms with van der Waals surface area (Å²) >= 11 is 1.12. The van der Waals surface area contributed by atoms with Crippen LogP contribution in [-0.4, -0.2) is 28.2 Å². The zero-order chi connectivity index (χ0) is 15.4. The van der Waals surface area contributed by atoms with Gasteiger partial charge in [0.15, 0.2) is 0 Å². The molecule has 1 rings (SSSR count). The van der Waals surface area contributed by atoms with E-state index in [1.807, 2.05) is 0 Å². The highest BCUT2D eigenvalue weighted by molar-refractivity contribution is 7.91. The number of sulfonamides is 1. The number of thiophene rings is 1. The molecule has 0 radical (unpaired) electrons. The minimum Gasteiger partial charge on any atom is -0.315 e. The van der Waals surface area contributed by atoms with Gasteiger partial charge in [-0.2, -0.15) is 13.2 Å². The Balaban J connectivity index is 2.62. The number of rotatable bonds is 7. The van der Waals surface area contributed by atoms with E-state index in [9.17, 15) is 21.6 Å². The van der Waals surface area contributed by atoms with Crippen molar-refractivity contribution in [3.8, 4) is 0 Å². The van der Waals surface area contributed by atoms with E-state index in [0.29, 0.717) is 6.54 Å². The SMILES string of the molecule is CNCc1sc(S(=O)(=O)NCCCC(F)(F)F)cc1C. The number of hydrogen-bond donors (Lipinski definition) is 2. The van der Waals surface area contributed by atoms with Crippen LogP contribution in [0.15, 0.2) is 10.3 Å². The molecule has 0 amide bonds. The average molecular weight is 330 g/mol. The van der Waals surface area contributed by atoms with Gasteiger partial charge in [0, 0.05) is 24.4 Å². The van der Waals surface area contributed by atoms with Crippen LogP contribution in [-0.2, 0) is 16.6 Å². The molecule has 1 aromatic rings. The molecule has 0 spiro atoms.